The number of anilines is 1. The lowest BCUT2D eigenvalue weighted by atomic mass is 10.1. The summed E-state index contributed by atoms with van der Waals surface area (Å²) in [5, 5.41) is 3.50. The number of halogens is 1. The maximum Gasteiger partial charge on any atom is 0.338 e. The van der Waals surface area contributed by atoms with Crippen molar-refractivity contribution in [3.05, 3.63) is 58.6 Å². The summed E-state index contributed by atoms with van der Waals surface area (Å²) in [7, 11) is 0. The van der Waals surface area contributed by atoms with Gasteiger partial charge in [-0.2, -0.15) is 0 Å². The molecule has 26 heavy (non-hydrogen) atoms. The molecule has 0 atom stereocenters. The molecule has 2 aromatic carbocycles. The van der Waals surface area contributed by atoms with E-state index in [1.165, 1.54) is 0 Å². The van der Waals surface area contributed by atoms with Crippen molar-refractivity contribution in [3.8, 4) is 5.75 Å². The molecule has 0 unspecified atom stereocenters. The fraction of sp³-hybridized carbons (Fsp3) is 0.300. The van der Waals surface area contributed by atoms with Gasteiger partial charge in [-0.1, -0.05) is 11.6 Å². The fourth-order valence-corrected chi connectivity index (χ4v) is 2.44. The first-order chi connectivity index (χ1) is 12.5. The van der Waals surface area contributed by atoms with Crippen LogP contribution in [0.15, 0.2) is 42.5 Å². The Morgan fingerprint density at radius 2 is 1.85 bits per heavy atom. The SMILES string of the molecule is CCOC(=O)c1ccc(NC(=O)CCCOc2ccc(Cl)cc2)c(C)c1. The molecular weight excluding hydrogens is 354 g/mol. The van der Waals surface area contributed by atoms with Crippen LogP contribution in [0.1, 0.15) is 35.7 Å². The van der Waals surface area contributed by atoms with Crippen molar-refractivity contribution in [3.63, 3.8) is 0 Å². The molecule has 0 aromatic heterocycles. The molecule has 0 spiro atoms. The number of carbonyl (C=O) groups excluding carboxylic acids is 2. The van der Waals surface area contributed by atoms with Gasteiger partial charge in [-0.05, 0) is 68.3 Å². The van der Waals surface area contributed by atoms with Crippen LogP contribution >= 0.6 is 11.6 Å². The summed E-state index contributed by atoms with van der Waals surface area (Å²) in [6.07, 6.45) is 0.932. The molecule has 0 heterocycles. The van der Waals surface area contributed by atoms with Gasteiger partial charge in [0.1, 0.15) is 5.75 Å². The van der Waals surface area contributed by atoms with Crippen LogP contribution in [0.2, 0.25) is 5.02 Å². The Labute approximate surface area is 158 Å². The number of ether oxygens (including phenoxy) is 2. The normalized spacial score (nSPS) is 10.3. The smallest absolute Gasteiger partial charge is 0.338 e. The van der Waals surface area contributed by atoms with Crippen LogP contribution in [0.25, 0.3) is 0 Å². The van der Waals surface area contributed by atoms with E-state index >= 15 is 0 Å². The molecule has 0 aliphatic rings. The van der Waals surface area contributed by atoms with E-state index in [0.29, 0.717) is 42.3 Å². The average molecular weight is 376 g/mol. The third kappa shape index (κ3) is 6.08. The van der Waals surface area contributed by atoms with Crippen molar-refractivity contribution in [2.75, 3.05) is 18.5 Å². The van der Waals surface area contributed by atoms with Gasteiger partial charge in [0.25, 0.3) is 0 Å². The number of carbonyl (C=O) groups is 2. The Morgan fingerprint density at radius 3 is 2.50 bits per heavy atom. The van der Waals surface area contributed by atoms with Crippen LogP contribution in [-0.2, 0) is 9.53 Å². The van der Waals surface area contributed by atoms with E-state index in [1.807, 2.05) is 6.92 Å². The first kappa shape index (κ1) is 19.8. The van der Waals surface area contributed by atoms with Gasteiger partial charge in [-0.25, -0.2) is 4.79 Å². The Hall–Kier alpha value is -2.53. The minimum Gasteiger partial charge on any atom is -0.494 e. The molecule has 0 aliphatic heterocycles. The van der Waals surface area contributed by atoms with Crippen molar-refractivity contribution in [2.45, 2.75) is 26.7 Å². The Bertz CT molecular complexity index is 759. The van der Waals surface area contributed by atoms with E-state index in [-0.39, 0.29) is 11.9 Å². The number of rotatable bonds is 8. The highest BCUT2D eigenvalue weighted by atomic mass is 35.5. The second-order valence-electron chi connectivity index (χ2n) is 5.70. The van der Waals surface area contributed by atoms with Gasteiger partial charge in [0.2, 0.25) is 5.91 Å². The van der Waals surface area contributed by atoms with Gasteiger partial charge >= 0.3 is 5.97 Å². The number of esters is 1. The topological polar surface area (TPSA) is 64.6 Å². The number of benzene rings is 2. The quantitative estimate of drug-likeness (QED) is 0.540. The summed E-state index contributed by atoms with van der Waals surface area (Å²) in [5.41, 5.74) is 1.96. The molecule has 0 saturated heterocycles. The average Bonchev–Trinajstić information content (AvgIpc) is 2.62. The second-order valence-corrected chi connectivity index (χ2v) is 6.14. The predicted octanol–water partition coefficient (Wildman–Crippen LogP) is 4.62. The van der Waals surface area contributed by atoms with Crippen LogP contribution in [0.5, 0.6) is 5.75 Å². The summed E-state index contributed by atoms with van der Waals surface area (Å²) < 4.78 is 10.5. The van der Waals surface area contributed by atoms with Crippen molar-refractivity contribution in [1.82, 2.24) is 0 Å². The molecule has 2 aromatic rings. The van der Waals surface area contributed by atoms with Gasteiger partial charge in [0.15, 0.2) is 0 Å². The molecule has 138 valence electrons. The first-order valence-electron chi connectivity index (χ1n) is 8.45. The van der Waals surface area contributed by atoms with Crippen LogP contribution in [0.3, 0.4) is 0 Å². The lowest BCUT2D eigenvalue weighted by Gasteiger charge is -2.10. The molecule has 6 heteroatoms. The highest BCUT2D eigenvalue weighted by Gasteiger charge is 2.10. The van der Waals surface area contributed by atoms with E-state index < -0.39 is 0 Å². The first-order valence-corrected chi connectivity index (χ1v) is 8.83. The third-order valence-corrected chi connectivity index (χ3v) is 3.89. The standard InChI is InChI=1S/C20H22ClNO4/c1-3-25-20(24)15-6-11-18(14(2)13-15)22-19(23)5-4-12-26-17-9-7-16(21)8-10-17/h6-11,13H,3-5,12H2,1-2H3,(H,22,23). The summed E-state index contributed by atoms with van der Waals surface area (Å²) in [6.45, 7) is 4.36. The number of hydrogen-bond donors (Lipinski definition) is 1. The minimum atomic E-state index is -0.368. The lowest BCUT2D eigenvalue weighted by molar-refractivity contribution is -0.116. The summed E-state index contributed by atoms with van der Waals surface area (Å²) in [5.74, 6) is 0.254. The fourth-order valence-electron chi connectivity index (χ4n) is 2.31. The van der Waals surface area contributed by atoms with E-state index in [2.05, 4.69) is 5.32 Å². The number of nitrogens with one attached hydrogen (secondary N) is 1. The molecule has 0 aliphatic carbocycles. The monoisotopic (exact) mass is 375 g/mol. The number of hydrogen-bond acceptors (Lipinski definition) is 4. The lowest BCUT2D eigenvalue weighted by Crippen LogP contribution is -2.14. The molecular formula is C20H22ClNO4. The van der Waals surface area contributed by atoms with Crippen molar-refractivity contribution in [2.24, 2.45) is 0 Å². The molecule has 0 bridgehead atoms. The summed E-state index contributed by atoms with van der Waals surface area (Å²) in [6, 6.07) is 12.2. The largest absolute Gasteiger partial charge is 0.494 e. The van der Waals surface area contributed by atoms with Crippen molar-refractivity contribution < 1.29 is 19.1 Å². The van der Waals surface area contributed by atoms with Gasteiger partial charge < -0.3 is 14.8 Å². The van der Waals surface area contributed by atoms with Crippen LogP contribution in [0, 0.1) is 6.92 Å². The van der Waals surface area contributed by atoms with Crippen LogP contribution in [-0.4, -0.2) is 25.1 Å². The second kappa shape index (κ2) is 9.82. The van der Waals surface area contributed by atoms with Crippen molar-refractivity contribution in [1.29, 1.82) is 0 Å². The highest BCUT2D eigenvalue weighted by Crippen LogP contribution is 2.18. The zero-order chi connectivity index (χ0) is 18.9. The number of aryl methyl sites for hydroxylation is 1. The number of amides is 1. The van der Waals surface area contributed by atoms with Crippen LogP contribution < -0.4 is 10.1 Å². The maximum atomic E-state index is 12.1. The van der Waals surface area contributed by atoms with E-state index in [9.17, 15) is 9.59 Å². The molecule has 0 fully saturated rings. The zero-order valence-corrected chi connectivity index (χ0v) is 15.6. The highest BCUT2D eigenvalue weighted by molar-refractivity contribution is 6.30. The minimum absolute atomic E-state index is 0.100. The predicted molar refractivity (Wildman–Crippen MR) is 102 cm³/mol. The molecule has 0 saturated carbocycles. The summed E-state index contributed by atoms with van der Waals surface area (Å²) in [4.78, 5) is 23.8. The van der Waals surface area contributed by atoms with E-state index in [4.69, 9.17) is 21.1 Å². The van der Waals surface area contributed by atoms with E-state index in [1.54, 1.807) is 49.4 Å². The summed E-state index contributed by atoms with van der Waals surface area (Å²) >= 11 is 5.81. The Kier molecular flexibility index (Phi) is 7.48. The van der Waals surface area contributed by atoms with Gasteiger partial charge in [-0.3, -0.25) is 4.79 Å². The molecule has 0 radical (unpaired) electrons. The molecule has 5 nitrogen and oxygen atoms in total. The Morgan fingerprint density at radius 1 is 1.12 bits per heavy atom. The molecule has 2 rings (SSSR count). The van der Waals surface area contributed by atoms with Gasteiger partial charge in [0, 0.05) is 17.1 Å². The van der Waals surface area contributed by atoms with Crippen molar-refractivity contribution >= 4 is 29.2 Å². The zero-order valence-electron chi connectivity index (χ0n) is 14.9. The molecule has 1 N–H and O–H groups in total. The van der Waals surface area contributed by atoms with Crippen LogP contribution in [0.4, 0.5) is 5.69 Å². The van der Waals surface area contributed by atoms with E-state index in [0.717, 1.165) is 11.3 Å². The molecule has 1 amide bonds. The van der Waals surface area contributed by atoms with Gasteiger partial charge in [-0.15, -0.1) is 0 Å². The maximum absolute atomic E-state index is 12.1. The Balaban J connectivity index is 1.78. The van der Waals surface area contributed by atoms with Gasteiger partial charge in [0.05, 0.1) is 18.8 Å². The third-order valence-electron chi connectivity index (χ3n) is 3.64.